The van der Waals surface area contributed by atoms with E-state index in [-0.39, 0.29) is 12.4 Å². The largest absolute Gasteiger partial charge is 0.497 e. The van der Waals surface area contributed by atoms with Gasteiger partial charge in [0, 0.05) is 0 Å². The van der Waals surface area contributed by atoms with Crippen LogP contribution in [0.25, 0.3) is 0 Å². The van der Waals surface area contributed by atoms with Gasteiger partial charge in [-0.15, -0.1) is 0 Å². The lowest BCUT2D eigenvalue weighted by Crippen LogP contribution is -2.09. The number of benzene rings is 2. The molecule has 0 radical (unpaired) electrons. The quantitative estimate of drug-likeness (QED) is 0.900. The Bertz CT molecular complexity index is 525. The van der Waals surface area contributed by atoms with Gasteiger partial charge in [0.25, 0.3) is 0 Å². The van der Waals surface area contributed by atoms with Crippen molar-refractivity contribution in [3.05, 3.63) is 59.9 Å². The molecule has 0 aliphatic carbocycles. The van der Waals surface area contributed by atoms with Crippen molar-refractivity contribution in [3.63, 3.8) is 0 Å². The summed E-state index contributed by atoms with van der Waals surface area (Å²) in [4.78, 5) is 0. The van der Waals surface area contributed by atoms with Crippen LogP contribution in [0.4, 0.5) is 4.39 Å². The van der Waals surface area contributed by atoms with Crippen LogP contribution in [0.5, 0.6) is 11.5 Å². The zero-order valence-electron chi connectivity index (χ0n) is 10.5. The fraction of sp³-hybridized carbons (Fsp3) is 0.200. The van der Waals surface area contributed by atoms with Crippen molar-refractivity contribution in [1.82, 2.24) is 0 Å². The van der Waals surface area contributed by atoms with Crippen LogP contribution in [0.15, 0.2) is 48.5 Å². The Labute approximate surface area is 111 Å². The molecule has 19 heavy (non-hydrogen) atoms. The van der Waals surface area contributed by atoms with E-state index in [0.717, 1.165) is 0 Å². The minimum atomic E-state index is -0.764. The van der Waals surface area contributed by atoms with E-state index in [1.807, 2.05) is 0 Å². The Balaban J connectivity index is 1.96. The summed E-state index contributed by atoms with van der Waals surface area (Å²) in [6.07, 6.45) is -0.764. The van der Waals surface area contributed by atoms with Crippen LogP contribution in [-0.4, -0.2) is 18.8 Å². The fourth-order valence-electron chi connectivity index (χ4n) is 1.65. The minimum Gasteiger partial charge on any atom is -0.497 e. The highest BCUT2D eigenvalue weighted by molar-refractivity contribution is 5.30. The molecule has 0 aliphatic rings. The number of halogens is 1. The smallest absolute Gasteiger partial charge is 0.123 e. The lowest BCUT2D eigenvalue weighted by atomic mass is 10.1. The summed E-state index contributed by atoms with van der Waals surface area (Å²) in [5, 5.41) is 10.0. The van der Waals surface area contributed by atoms with Crippen LogP contribution in [0.2, 0.25) is 0 Å². The third-order valence-electron chi connectivity index (χ3n) is 2.70. The van der Waals surface area contributed by atoms with Crippen LogP contribution in [-0.2, 0) is 0 Å². The topological polar surface area (TPSA) is 38.7 Å². The maximum absolute atomic E-state index is 12.7. The van der Waals surface area contributed by atoms with Gasteiger partial charge in [0.1, 0.15) is 30.0 Å². The molecule has 0 fully saturated rings. The molecule has 0 aromatic heterocycles. The molecule has 100 valence electrons. The molecule has 4 heteroatoms. The van der Waals surface area contributed by atoms with Gasteiger partial charge in [0.15, 0.2) is 0 Å². The van der Waals surface area contributed by atoms with Gasteiger partial charge in [-0.1, -0.05) is 12.1 Å². The molecule has 1 N–H and O–H groups in total. The molecule has 0 spiro atoms. The van der Waals surface area contributed by atoms with Crippen molar-refractivity contribution >= 4 is 0 Å². The molecule has 2 aromatic carbocycles. The van der Waals surface area contributed by atoms with Crippen LogP contribution >= 0.6 is 0 Å². The van der Waals surface area contributed by atoms with E-state index in [1.54, 1.807) is 31.4 Å². The molecule has 1 unspecified atom stereocenters. The Hall–Kier alpha value is -2.07. The number of ether oxygens (including phenoxy) is 2. The second kappa shape index (κ2) is 6.20. The van der Waals surface area contributed by atoms with Gasteiger partial charge < -0.3 is 14.6 Å². The number of hydrogen-bond acceptors (Lipinski definition) is 3. The SMILES string of the molecule is COc1cccc(C(O)COc2ccc(F)cc2)c1. The maximum Gasteiger partial charge on any atom is 0.123 e. The molecule has 0 amide bonds. The van der Waals surface area contributed by atoms with Crippen LogP contribution in [0.1, 0.15) is 11.7 Å². The van der Waals surface area contributed by atoms with Crippen molar-refractivity contribution in [2.75, 3.05) is 13.7 Å². The summed E-state index contributed by atoms with van der Waals surface area (Å²) in [5.41, 5.74) is 0.710. The summed E-state index contributed by atoms with van der Waals surface area (Å²) in [6.45, 7) is 0.0960. The first-order valence-electron chi connectivity index (χ1n) is 5.89. The highest BCUT2D eigenvalue weighted by Crippen LogP contribution is 2.20. The standard InChI is InChI=1S/C15H15FO3/c1-18-14-4-2-3-11(9-14)15(17)10-19-13-7-5-12(16)6-8-13/h2-9,15,17H,10H2,1H3. The molecule has 0 aliphatic heterocycles. The number of hydrogen-bond donors (Lipinski definition) is 1. The Morgan fingerprint density at radius 3 is 2.53 bits per heavy atom. The summed E-state index contributed by atoms with van der Waals surface area (Å²) in [7, 11) is 1.57. The van der Waals surface area contributed by atoms with Crippen molar-refractivity contribution in [3.8, 4) is 11.5 Å². The zero-order valence-corrected chi connectivity index (χ0v) is 10.5. The minimum absolute atomic E-state index is 0.0960. The summed E-state index contributed by atoms with van der Waals surface area (Å²) in [6, 6.07) is 12.8. The molecule has 2 aromatic rings. The van der Waals surface area contributed by atoms with Crippen LogP contribution in [0.3, 0.4) is 0 Å². The van der Waals surface area contributed by atoms with E-state index >= 15 is 0 Å². The Morgan fingerprint density at radius 2 is 1.84 bits per heavy atom. The van der Waals surface area contributed by atoms with Gasteiger partial charge in [-0.2, -0.15) is 0 Å². The van der Waals surface area contributed by atoms with Crippen molar-refractivity contribution in [1.29, 1.82) is 0 Å². The maximum atomic E-state index is 12.7. The lowest BCUT2D eigenvalue weighted by Gasteiger charge is -2.13. The van der Waals surface area contributed by atoms with E-state index in [9.17, 15) is 9.50 Å². The first-order valence-corrected chi connectivity index (χ1v) is 5.89. The van der Waals surface area contributed by atoms with E-state index in [1.165, 1.54) is 24.3 Å². The molecule has 2 rings (SSSR count). The summed E-state index contributed by atoms with van der Waals surface area (Å²) < 4.78 is 23.2. The Kier molecular flexibility index (Phi) is 4.36. The molecular weight excluding hydrogens is 247 g/mol. The average Bonchev–Trinajstić information content (AvgIpc) is 2.46. The summed E-state index contributed by atoms with van der Waals surface area (Å²) >= 11 is 0. The molecule has 1 atom stereocenters. The van der Waals surface area contributed by atoms with Crippen LogP contribution in [0, 0.1) is 5.82 Å². The molecule has 0 bridgehead atoms. The molecular formula is C15H15FO3. The highest BCUT2D eigenvalue weighted by atomic mass is 19.1. The number of aliphatic hydroxyl groups is 1. The van der Waals surface area contributed by atoms with E-state index in [4.69, 9.17) is 9.47 Å². The number of rotatable bonds is 5. The van der Waals surface area contributed by atoms with Crippen molar-refractivity contribution < 1.29 is 19.0 Å². The second-order valence-electron chi connectivity index (χ2n) is 4.06. The normalized spacial score (nSPS) is 11.9. The molecule has 0 saturated carbocycles. The van der Waals surface area contributed by atoms with Gasteiger partial charge in [-0.3, -0.25) is 0 Å². The van der Waals surface area contributed by atoms with Gasteiger partial charge in [-0.25, -0.2) is 4.39 Å². The van der Waals surface area contributed by atoms with Gasteiger partial charge >= 0.3 is 0 Å². The summed E-state index contributed by atoms with van der Waals surface area (Å²) in [5.74, 6) is 0.877. The van der Waals surface area contributed by atoms with E-state index in [0.29, 0.717) is 17.1 Å². The zero-order chi connectivity index (χ0) is 13.7. The molecule has 3 nitrogen and oxygen atoms in total. The monoisotopic (exact) mass is 262 g/mol. The predicted molar refractivity (Wildman–Crippen MR) is 69.8 cm³/mol. The lowest BCUT2D eigenvalue weighted by molar-refractivity contribution is 0.108. The van der Waals surface area contributed by atoms with Crippen molar-refractivity contribution in [2.24, 2.45) is 0 Å². The third-order valence-corrected chi connectivity index (χ3v) is 2.70. The second-order valence-corrected chi connectivity index (χ2v) is 4.06. The third kappa shape index (κ3) is 3.69. The van der Waals surface area contributed by atoms with E-state index in [2.05, 4.69) is 0 Å². The number of methoxy groups -OCH3 is 1. The fourth-order valence-corrected chi connectivity index (χ4v) is 1.65. The van der Waals surface area contributed by atoms with Gasteiger partial charge in [0.05, 0.1) is 7.11 Å². The molecule has 0 saturated heterocycles. The first-order chi connectivity index (χ1) is 9.19. The van der Waals surface area contributed by atoms with Gasteiger partial charge in [-0.05, 0) is 42.0 Å². The van der Waals surface area contributed by atoms with Gasteiger partial charge in [0.2, 0.25) is 0 Å². The first kappa shape index (κ1) is 13.4. The van der Waals surface area contributed by atoms with Crippen molar-refractivity contribution in [2.45, 2.75) is 6.10 Å². The van der Waals surface area contributed by atoms with Crippen LogP contribution < -0.4 is 9.47 Å². The number of aliphatic hydroxyl groups excluding tert-OH is 1. The average molecular weight is 262 g/mol. The van der Waals surface area contributed by atoms with E-state index < -0.39 is 6.10 Å². The Morgan fingerprint density at radius 1 is 1.11 bits per heavy atom. The highest BCUT2D eigenvalue weighted by Gasteiger charge is 2.09. The molecule has 0 heterocycles. The predicted octanol–water partition coefficient (Wildman–Crippen LogP) is 2.95.